The van der Waals surface area contributed by atoms with Crippen molar-refractivity contribution in [3.63, 3.8) is 0 Å². The van der Waals surface area contributed by atoms with Crippen LogP contribution in [-0.2, 0) is 6.54 Å². The number of piperazine rings is 1. The number of nitrogens with one attached hydrogen (secondary N) is 1. The molecule has 1 aromatic rings. The largest absolute Gasteiger partial charge is 0.373 e. The summed E-state index contributed by atoms with van der Waals surface area (Å²) in [5, 5.41) is 3.10. The molecule has 2 aliphatic rings. The third-order valence-electron chi connectivity index (χ3n) is 3.96. The lowest BCUT2D eigenvalue weighted by atomic mass is 10.2. The average Bonchev–Trinajstić information content (AvgIpc) is 3.24. The van der Waals surface area contributed by atoms with Gasteiger partial charge >= 0.3 is 0 Å². The Hall–Kier alpha value is -1.13. The smallest absolute Gasteiger partial charge is 0.125 e. The van der Waals surface area contributed by atoms with Crippen molar-refractivity contribution in [1.29, 1.82) is 0 Å². The van der Waals surface area contributed by atoms with Gasteiger partial charge in [-0.3, -0.25) is 9.80 Å². The number of rotatable bonds is 4. The van der Waals surface area contributed by atoms with Gasteiger partial charge in [-0.1, -0.05) is 0 Å². The lowest BCUT2D eigenvalue weighted by Gasteiger charge is -2.34. The zero-order chi connectivity index (χ0) is 12.4. The second kappa shape index (κ2) is 5.24. The Bertz CT molecular complexity index is 395. The molecular weight excluding hydrogens is 224 g/mol. The summed E-state index contributed by atoms with van der Waals surface area (Å²) in [7, 11) is 1.92. The molecule has 18 heavy (non-hydrogen) atoms. The summed E-state index contributed by atoms with van der Waals surface area (Å²) in [5.74, 6) is 0.962. The van der Waals surface area contributed by atoms with Crippen molar-refractivity contribution in [1.82, 2.24) is 14.8 Å². The van der Waals surface area contributed by atoms with E-state index in [1.807, 2.05) is 13.2 Å². The molecule has 0 radical (unpaired) electrons. The maximum absolute atomic E-state index is 4.26. The van der Waals surface area contributed by atoms with Crippen LogP contribution in [-0.4, -0.2) is 54.1 Å². The van der Waals surface area contributed by atoms with Crippen LogP contribution in [0.15, 0.2) is 18.3 Å². The Balaban J connectivity index is 1.53. The number of hydrogen-bond donors (Lipinski definition) is 1. The van der Waals surface area contributed by atoms with E-state index in [-0.39, 0.29) is 0 Å². The lowest BCUT2D eigenvalue weighted by Crippen LogP contribution is -2.46. The molecule has 98 valence electrons. The SMILES string of the molecule is CNc1cc(CN2CCN(C3CC3)CC2)ccn1. The fourth-order valence-electron chi connectivity index (χ4n) is 2.69. The predicted octanol–water partition coefficient (Wildman–Crippen LogP) is 1.40. The summed E-state index contributed by atoms with van der Waals surface area (Å²) < 4.78 is 0. The lowest BCUT2D eigenvalue weighted by molar-refractivity contribution is 0.121. The maximum atomic E-state index is 4.26. The van der Waals surface area contributed by atoms with Crippen molar-refractivity contribution in [3.8, 4) is 0 Å². The maximum Gasteiger partial charge on any atom is 0.125 e. The zero-order valence-corrected chi connectivity index (χ0v) is 11.1. The molecule has 4 nitrogen and oxygen atoms in total. The van der Waals surface area contributed by atoms with Gasteiger partial charge in [0.05, 0.1) is 0 Å². The van der Waals surface area contributed by atoms with Crippen molar-refractivity contribution in [2.75, 3.05) is 38.5 Å². The molecule has 1 saturated carbocycles. The molecule has 0 amide bonds. The van der Waals surface area contributed by atoms with Gasteiger partial charge in [0.15, 0.2) is 0 Å². The van der Waals surface area contributed by atoms with Gasteiger partial charge in [-0.05, 0) is 30.5 Å². The van der Waals surface area contributed by atoms with E-state index in [4.69, 9.17) is 0 Å². The van der Waals surface area contributed by atoms with E-state index in [0.717, 1.165) is 18.4 Å². The molecule has 3 rings (SSSR count). The van der Waals surface area contributed by atoms with Crippen LogP contribution < -0.4 is 5.32 Å². The summed E-state index contributed by atoms with van der Waals surface area (Å²) in [4.78, 5) is 9.46. The van der Waals surface area contributed by atoms with E-state index < -0.39 is 0 Å². The van der Waals surface area contributed by atoms with E-state index in [9.17, 15) is 0 Å². The van der Waals surface area contributed by atoms with Crippen molar-refractivity contribution in [2.24, 2.45) is 0 Å². The van der Waals surface area contributed by atoms with Gasteiger partial charge in [0.2, 0.25) is 0 Å². The molecule has 1 aliphatic carbocycles. The Labute approximate surface area is 109 Å². The number of anilines is 1. The molecule has 1 aromatic heterocycles. The van der Waals surface area contributed by atoms with Gasteiger partial charge in [0, 0.05) is 52.0 Å². The van der Waals surface area contributed by atoms with Crippen LogP contribution in [0.3, 0.4) is 0 Å². The molecule has 0 bridgehead atoms. The molecule has 1 saturated heterocycles. The third-order valence-corrected chi connectivity index (χ3v) is 3.96. The minimum atomic E-state index is 0.920. The highest BCUT2D eigenvalue weighted by atomic mass is 15.3. The zero-order valence-electron chi connectivity index (χ0n) is 11.1. The normalized spacial score (nSPS) is 22.1. The van der Waals surface area contributed by atoms with Gasteiger partial charge < -0.3 is 5.32 Å². The van der Waals surface area contributed by atoms with Crippen LogP contribution >= 0.6 is 0 Å². The molecule has 4 heteroatoms. The minimum Gasteiger partial charge on any atom is -0.373 e. The van der Waals surface area contributed by atoms with E-state index >= 15 is 0 Å². The van der Waals surface area contributed by atoms with Crippen LogP contribution in [0.5, 0.6) is 0 Å². The van der Waals surface area contributed by atoms with E-state index in [1.54, 1.807) is 0 Å². The van der Waals surface area contributed by atoms with Gasteiger partial charge in [-0.2, -0.15) is 0 Å². The Morgan fingerprint density at radius 1 is 1.28 bits per heavy atom. The van der Waals surface area contributed by atoms with Crippen molar-refractivity contribution in [2.45, 2.75) is 25.4 Å². The highest BCUT2D eigenvalue weighted by molar-refractivity contribution is 5.36. The van der Waals surface area contributed by atoms with E-state index in [1.165, 1.54) is 44.6 Å². The van der Waals surface area contributed by atoms with Crippen molar-refractivity contribution < 1.29 is 0 Å². The standard InChI is InChI=1S/C14H22N4/c1-15-14-10-12(4-5-16-14)11-17-6-8-18(9-7-17)13-2-3-13/h4-5,10,13H,2-3,6-9,11H2,1H3,(H,15,16). The van der Waals surface area contributed by atoms with Crippen molar-refractivity contribution in [3.05, 3.63) is 23.9 Å². The van der Waals surface area contributed by atoms with Crippen LogP contribution in [0.25, 0.3) is 0 Å². The Morgan fingerprint density at radius 3 is 2.72 bits per heavy atom. The second-order valence-electron chi connectivity index (χ2n) is 5.34. The van der Waals surface area contributed by atoms with Gasteiger partial charge in [-0.15, -0.1) is 0 Å². The van der Waals surface area contributed by atoms with Gasteiger partial charge in [-0.25, -0.2) is 4.98 Å². The number of pyridine rings is 1. The Morgan fingerprint density at radius 2 is 2.06 bits per heavy atom. The first-order valence-electron chi connectivity index (χ1n) is 6.94. The van der Waals surface area contributed by atoms with Crippen LogP contribution in [0.1, 0.15) is 18.4 Å². The van der Waals surface area contributed by atoms with Gasteiger partial charge in [0.25, 0.3) is 0 Å². The summed E-state index contributed by atoms with van der Waals surface area (Å²) in [6, 6.07) is 5.19. The van der Waals surface area contributed by atoms with E-state index in [2.05, 4.69) is 32.2 Å². The van der Waals surface area contributed by atoms with E-state index in [0.29, 0.717) is 0 Å². The first-order chi connectivity index (χ1) is 8.85. The number of nitrogens with zero attached hydrogens (tertiary/aromatic N) is 3. The topological polar surface area (TPSA) is 31.4 Å². The van der Waals surface area contributed by atoms with Crippen LogP contribution in [0.4, 0.5) is 5.82 Å². The van der Waals surface area contributed by atoms with Crippen LogP contribution in [0.2, 0.25) is 0 Å². The fraction of sp³-hybridized carbons (Fsp3) is 0.643. The van der Waals surface area contributed by atoms with Crippen LogP contribution in [0, 0.1) is 0 Å². The molecule has 0 spiro atoms. The summed E-state index contributed by atoms with van der Waals surface area (Å²) in [6.45, 7) is 5.94. The first-order valence-corrected chi connectivity index (χ1v) is 6.94. The molecule has 0 atom stereocenters. The summed E-state index contributed by atoms with van der Waals surface area (Å²) in [5.41, 5.74) is 1.36. The summed E-state index contributed by atoms with van der Waals surface area (Å²) in [6.07, 6.45) is 4.74. The fourth-order valence-corrected chi connectivity index (χ4v) is 2.69. The molecule has 0 aromatic carbocycles. The molecular formula is C14H22N4. The summed E-state index contributed by atoms with van der Waals surface area (Å²) >= 11 is 0. The predicted molar refractivity (Wildman–Crippen MR) is 73.7 cm³/mol. The average molecular weight is 246 g/mol. The molecule has 1 N–H and O–H groups in total. The first kappa shape index (κ1) is 11.9. The number of hydrogen-bond acceptors (Lipinski definition) is 4. The molecule has 1 aliphatic heterocycles. The third kappa shape index (κ3) is 2.82. The monoisotopic (exact) mass is 246 g/mol. The highest BCUT2D eigenvalue weighted by Crippen LogP contribution is 2.27. The highest BCUT2D eigenvalue weighted by Gasteiger charge is 2.30. The molecule has 2 heterocycles. The Kier molecular flexibility index (Phi) is 3.48. The second-order valence-corrected chi connectivity index (χ2v) is 5.34. The molecule has 0 unspecified atom stereocenters. The minimum absolute atomic E-state index is 0.920. The van der Waals surface area contributed by atoms with Gasteiger partial charge in [0.1, 0.15) is 5.82 Å². The molecule has 2 fully saturated rings. The van der Waals surface area contributed by atoms with Crippen molar-refractivity contribution >= 4 is 5.82 Å². The number of aromatic nitrogens is 1. The quantitative estimate of drug-likeness (QED) is 0.870.